The number of aromatic nitrogens is 1. The van der Waals surface area contributed by atoms with Gasteiger partial charge in [-0.15, -0.1) is 0 Å². The van der Waals surface area contributed by atoms with Crippen LogP contribution in [0.5, 0.6) is 0 Å². The number of benzene rings is 1. The van der Waals surface area contributed by atoms with Gasteiger partial charge in [0.2, 0.25) is 5.76 Å². The van der Waals surface area contributed by atoms with Gasteiger partial charge in [0, 0.05) is 4.90 Å². The molecule has 1 amide bonds. The zero-order valence-electron chi connectivity index (χ0n) is 8.64. The van der Waals surface area contributed by atoms with Crippen molar-refractivity contribution < 1.29 is 9.32 Å². The Morgan fingerprint density at radius 1 is 1.38 bits per heavy atom. The highest BCUT2D eigenvalue weighted by Crippen LogP contribution is 2.32. The van der Waals surface area contributed by atoms with Crippen LogP contribution >= 0.6 is 11.8 Å². The normalized spacial score (nSPS) is 10.3. The second kappa shape index (κ2) is 4.40. The summed E-state index contributed by atoms with van der Waals surface area (Å²) in [5.74, 6) is -0.481. The summed E-state index contributed by atoms with van der Waals surface area (Å²) in [7, 11) is 0. The number of nitrogens with two attached hydrogens (primary N) is 1. The lowest BCUT2D eigenvalue weighted by Crippen LogP contribution is -2.10. The van der Waals surface area contributed by atoms with Gasteiger partial charge in [-0.2, -0.15) is 0 Å². The molecule has 1 aromatic carbocycles. The van der Waals surface area contributed by atoms with E-state index in [4.69, 9.17) is 10.3 Å². The van der Waals surface area contributed by atoms with E-state index >= 15 is 0 Å². The third kappa shape index (κ3) is 2.09. The predicted molar refractivity (Wildman–Crippen MR) is 60.3 cm³/mol. The van der Waals surface area contributed by atoms with E-state index in [2.05, 4.69) is 5.16 Å². The first-order valence-electron chi connectivity index (χ1n) is 4.67. The maximum absolute atomic E-state index is 11.1. The zero-order chi connectivity index (χ0) is 11.5. The van der Waals surface area contributed by atoms with Crippen molar-refractivity contribution in [1.82, 2.24) is 5.16 Å². The summed E-state index contributed by atoms with van der Waals surface area (Å²) in [6, 6.07) is 9.67. The molecular weight excluding hydrogens is 224 g/mol. The fourth-order valence-corrected chi connectivity index (χ4v) is 2.19. The monoisotopic (exact) mass is 234 g/mol. The highest BCUT2D eigenvalue weighted by atomic mass is 32.2. The second-order valence-electron chi connectivity index (χ2n) is 3.21. The fourth-order valence-electron chi connectivity index (χ4n) is 1.24. The Labute approximate surface area is 96.8 Å². The van der Waals surface area contributed by atoms with Gasteiger partial charge in [0.25, 0.3) is 5.91 Å². The van der Waals surface area contributed by atoms with Crippen molar-refractivity contribution in [2.75, 3.05) is 0 Å². The van der Waals surface area contributed by atoms with E-state index in [-0.39, 0.29) is 5.76 Å². The molecule has 1 aromatic heterocycles. The third-order valence-corrected chi connectivity index (χ3v) is 3.19. The summed E-state index contributed by atoms with van der Waals surface area (Å²) in [4.78, 5) is 12.8. The van der Waals surface area contributed by atoms with Crippen LogP contribution in [-0.2, 0) is 0 Å². The average molecular weight is 234 g/mol. The minimum Gasteiger partial charge on any atom is -0.363 e. The quantitative estimate of drug-likeness (QED) is 0.884. The molecule has 0 aliphatic rings. The van der Waals surface area contributed by atoms with Crippen LogP contribution in [0.15, 0.2) is 44.6 Å². The standard InChI is InChI=1S/C11H10N2O2S/c1-7-10(9(11(12)14)15-13-7)16-8-5-3-2-4-6-8/h2-6H,1H3,(H2,12,14). The number of carbonyl (C=O) groups is 1. The molecule has 0 fully saturated rings. The maximum Gasteiger partial charge on any atom is 0.288 e. The van der Waals surface area contributed by atoms with Gasteiger partial charge in [-0.05, 0) is 19.1 Å². The molecule has 0 aliphatic carbocycles. The number of amides is 1. The van der Waals surface area contributed by atoms with Crippen molar-refractivity contribution in [3.8, 4) is 0 Å². The minimum absolute atomic E-state index is 0.117. The van der Waals surface area contributed by atoms with Gasteiger partial charge in [-0.1, -0.05) is 35.1 Å². The van der Waals surface area contributed by atoms with Crippen LogP contribution in [0.1, 0.15) is 16.2 Å². The number of hydrogen-bond acceptors (Lipinski definition) is 4. The molecule has 0 spiro atoms. The van der Waals surface area contributed by atoms with Crippen LogP contribution in [0, 0.1) is 6.92 Å². The van der Waals surface area contributed by atoms with Gasteiger partial charge in [-0.25, -0.2) is 0 Å². The van der Waals surface area contributed by atoms with Gasteiger partial charge in [-0.3, -0.25) is 4.79 Å². The number of aryl methyl sites for hydroxylation is 1. The Morgan fingerprint density at radius 3 is 2.69 bits per heavy atom. The van der Waals surface area contributed by atoms with Crippen LogP contribution in [0.2, 0.25) is 0 Å². The first-order valence-corrected chi connectivity index (χ1v) is 5.49. The third-order valence-electron chi connectivity index (χ3n) is 2.00. The lowest BCUT2D eigenvalue weighted by molar-refractivity contribution is 0.0961. The molecule has 5 heteroatoms. The SMILES string of the molecule is Cc1noc(C(N)=O)c1Sc1ccccc1. The van der Waals surface area contributed by atoms with E-state index < -0.39 is 5.91 Å². The number of carbonyl (C=O) groups excluding carboxylic acids is 1. The zero-order valence-corrected chi connectivity index (χ0v) is 9.45. The molecular formula is C11H10N2O2S. The van der Waals surface area contributed by atoms with Crippen molar-refractivity contribution in [3.63, 3.8) is 0 Å². The molecule has 2 aromatic rings. The summed E-state index contributed by atoms with van der Waals surface area (Å²) >= 11 is 1.42. The smallest absolute Gasteiger partial charge is 0.288 e. The molecule has 2 rings (SSSR count). The van der Waals surface area contributed by atoms with E-state index in [1.165, 1.54) is 11.8 Å². The van der Waals surface area contributed by atoms with E-state index in [9.17, 15) is 4.79 Å². The van der Waals surface area contributed by atoms with Crippen LogP contribution in [0.4, 0.5) is 0 Å². The topological polar surface area (TPSA) is 69.1 Å². The van der Waals surface area contributed by atoms with Gasteiger partial charge in [0.15, 0.2) is 0 Å². The van der Waals surface area contributed by atoms with E-state index in [1.807, 2.05) is 30.3 Å². The number of hydrogen-bond donors (Lipinski definition) is 1. The van der Waals surface area contributed by atoms with Gasteiger partial charge in [0.05, 0.1) is 10.6 Å². The molecule has 0 atom stereocenters. The first kappa shape index (κ1) is 10.8. The Hall–Kier alpha value is -1.75. The summed E-state index contributed by atoms with van der Waals surface area (Å²) in [6.45, 7) is 1.78. The first-order chi connectivity index (χ1) is 7.68. The molecule has 82 valence electrons. The van der Waals surface area contributed by atoms with E-state index in [1.54, 1.807) is 6.92 Å². The number of nitrogens with zero attached hydrogens (tertiary/aromatic N) is 1. The largest absolute Gasteiger partial charge is 0.363 e. The molecule has 0 bridgehead atoms. The van der Waals surface area contributed by atoms with Gasteiger partial charge >= 0.3 is 0 Å². The molecule has 0 saturated heterocycles. The summed E-state index contributed by atoms with van der Waals surface area (Å²) in [5, 5.41) is 3.74. The summed E-state index contributed by atoms with van der Waals surface area (Å²) in [6.07, 6.45) is 0. The van der Waals surface area contributed by atoms with Crippen LogP contribution < -0.4 is 5.73 Å². The predicted octanol–water partition coefficient (Wildman–Crippen LogP) is 2.23. The molecule has 2 N–H and O–H groups in total. The van der Waals surface area contributed by atoms with Crippen molar-refractivity contribution in [3.05, 3.63) is 41.8 Å². The Balaban J connectivity index is 2.34. The molecule has 0 radical (unpaired) electrons. The lowest BCUT2D eigenvalue weighted by Gasteiger charge is -1.99. The van der Waals surface area contributed by atoms with Crippen LogP contribution in [-0.4, -0.2) is 11.1 Å². The van der Waals surface area contributed by atoms with Crippen molar-refractivity contribution in [2.45, 2.75) is 16.7 Å². The molecule has 0 unspecified atom stereocenters. The van der Waals surface area contributed by atoms with Gasteiger partial charge in [0.1, 0.15) is 0 Å². The molecule has 1 heterocycles. The highest BCUT2D eigenvalue weighted by molar-refractivity contribution is 7.99. The van der Waals surface area contributed by atoms with Crippen molar-refractivity contribution in [2.24, 2.45) is 5.73 Å². The Bertz CT molecular complexity index is 508. The van der Waals surface area contributed by atoms with Crippen molar-refractivity contribution >= 4 is 17.7 Å². The van der Waals surface area contributed by atoms with E-state index in [0.717, 1.165) is 4.90 Å². The highest BCUT2D eigenvalue weighted by Gasteiger charge is 2.18. The fraction of sp³-hybridized carbons (Fsp3) is 0.0909. The Morgan fingerprint density at radius 2 is 2.06 bits per heavy atom. The number of primary amides is 1. The van der Waals surface area contributed by atoms with Crippen LogP contribution in [0.3, 0.4) is 0 Å². The minimum atomic E-state index is -0.598. The Kier molecular flexibility index (Phi) is 2.96. The number of rotatable bonds is 3. The molecule has 4 nitrogen and oxygen atoms in total. The molecule has 0 aliphatic heterocycles. The summed E-state index contributed by atoms with van der Waals surface area (Å²) < 4.78 is 4.88. The molecule has 16 heavy (non-hydrogen) atoms. The maximum atomic E-state index is 11.1. The second-order valence-corrected chi connectivity index (χ2v) is 4.29. The lowest BCUT2D eigenvalue weighted by atomic mass is 10.4. The summed E-state index contributed by atoms with van der Waals surface area (Å²) in [5.41, 5.74) is 5.86. The van der Waals surface area contributed by atoms with Crippen LogP contribution in [0.25, 0.3) is 0 Å². The molecule has 0 saturated carbocycles. The van der Waals surface area contributed by atoms with Gasteiger partial charge < -0.3 is 10.3 Å². The average Bonchev–Trinajstić information content (AvgIpc) is 2.62. The van der Waals surface area contributed by atoms with Crippen molar-refractivity contribution in [1.29, 1.82) is 0 Å². The van der Waals surface area contributed by atoms with E-state index in [0.29, 0.717) is 10.6 Å².